The molecule has 2 aliphatic heterocycles. The van der Waals surface area contributed by atoms with Gasteiger partial charge in [-0.05, 0) is 149 Å². The molecule has 6 rings (SSSR count). The van der Waals surface area contributed by atoms with E-state index < -0.39 is 168 Å². The van der Waals surface area contributed by atoms with Gasteiger partial charge in [0.1, 0.15) is 72.5 Å². The highest BCUT2D eigenvalue weighted by atomic mass is 32.2. The summed E-state index contributed by atoms with van der Waals surface area (Å²) in [5.41, 5.74) is 8.95. The molecule has 1 aromatic heterocycles. The van der Waals surface area contributed by atoms with Crippen molar-refractivity contribution in [2.24, 2.45) is 5.73 Å². The summed E-state index contributed by atoms with van der Waals surface area (Å²) in [5, 5.41) is 58.8. The zero-order valence-electron chi connectivity index (χ0n) is 61.7. The van der Waals surface area contributed by atoms with Gasteiger partial charge in [-0.3, -0.25) is 57.5 Å². The number of likely N-dealkylation sites (tertiary alicyclic amines) is 2. The quantitative estimate of drug-likeness (QED) is 0.0262. The number of amides is 12. The molecule has 30 nitrogen and oxygen atoms in total. The first-order chi connectivity index (χ1) is 51.6. The molecule has 0 bridgehead atoms. The fourth-order valence-electron chi connectivity index (χ4n) is 12.5. The lowest BCUT2D eigenvalue weighted by molar-refractivity contribution is -0.144. The molecule has 0 saturated carbocycles. The Bertz CT molecular complexity index is 3700. The normalized spacial score (nSPS) is 17.8. The Morgan fingerprint density at radius 3 is 1.42 bits per heavy atom. The summed E-state index contributed by atoms with van der Waals surface area (Å²) in [6, 6.07) is 7.72. The molecule has 2 fully saturated rings. The van der Waals surface area contributed by atoms with Crippen molar-refractivity contribution in [3.8, 4) is 0 Å². The molecule has 2 saturated heterocycles. The monoisotopic (exact) mass is 1590 g/mol. The largest absolute Gasteiger partial charge is 0.480 e. The summed E-state index contributed by atoms with van der Waals surface area (Å²) in [6.07, 6.45) is 7.20. The standard InChI is InChI=1S/C73H104N14O16S5/c1-41(76-63(92)50(26-32-105-4)78-67(96)57-24-16-30-86(57)71(100)52(28-34-107-6)79-62(91)48(74)36-44-18-10-8-11-19-44)61(90)81-55(38-46-39-75-49-23-15-14-22-47(46)49)66(95)84-59(42(2)88)70(99)82-54(37-45-20-12-9-13-21-45)65(94)77-51(27-33-106-5)64(93)83-56(40-104)72(101)87-31-17-25-58(87)68(97)85-60(43(3)89)69(98)80-53(73(102)103)29-35-108-7/h8-15,18-23,39,41-43,48,50-60,75,88-89,104H,16-17,24-38,40,74H2,1-7H3,(H,76,92)(H,77,94)(H,78,96)(H,79,91)(H,80,98)(H,81,90)(H,82,99)(H,83,93)(H,84,95)(H,85,97)(H,102,103)/t41-,42+,43+,48-,50-,51-,52-,53-,54-,55-,56-,57-,58-,59-,60-/m0/s1. The second-order valence-electron chi connectivity index (χ2n) is 26.7. The third kappa shape index (κ3) is 26.6. The maximum absolute atomic E-state index is 14.9. The Labute approximate surface area is 651 Å². The second kappa shape index (κ2) is 45.2. The summed E-state index contributed by atoms with van der Waals surface area (Å²) in [6.45, 7) is 4.09. The molecule has 0 spiro atoms. The van der Waals surface area contributed by atoms with Crippen molar-refractivity contribution >= 4 is 147 Å². The van der Waals surface area contributed by atoms with Crippen LogP contribution in [0.5, 0.6) is 0 Å². The number of carboxylic acids is 1. The van der Waals surface area contributed by atoms with Crippen LogP contribution in [0.4, 0.5) is 0 Å². The lowest BCUT2D eigenvalue weighted by Crippen LogP contribution is -2.62. The lowest BCUT2D eigenvalue weighted by atomic mass is 10.0. The summed E-state index contributed by atoms with van der Waals surface area (Å²) in [5.74, 6) is -9.43. The number of rotatable bonds is 44. The number of carbonyl (C=O) groups excluding carboxylic acids is 12. The molecule has 3 heterocycles. The maximum Gasteiger partial charge on any atom is 0.326 e. The molecule has 16 N–H and O–H groups in total. The molecular formula is C73H104N14O16S5. The number of thiol groups is 1. The lowest BCUT2D eigenvalue weighted by Gasteiger charge is -2.31. The van der Waals surface area contributed by atoms with Crippen LogP contribution in [0, 0.1) is 0 Å². The molecule has 0 aliphatic carbocycles. The highest BCUT2D eigenvalue weighted by molar-refractivity contribution is 7.99. The number of nitrogens with two attached hydrogens (primary N) is 1. The van der Waals surface area contributed by atoms with Gasteiger partial charge in [0.2, 0.25) is 70.9 Å². The molecule has 108 heavy (non-hydrogen) atoms. The van der Waals surface area contributed by atoms with E-state index >= 15 is 0 Å². The zero-order valence-corrected chi connectivity index (χ0v) is 65.9. The third-order valence-electron chi connectivity index (χ3n) is 18.6. The van der Waals surface area contributed by atoms with Crippen molar-refractivity contribution in [3.05, 3.63) is 108 Å². The predicted octanol–water partition coefficient (Wildman–Crippen LogP) is 0.161. The number of para-hydroxylation sites is 1. The fraction of sp³-hybridized carbons (Fsp3) is 0.548. The topological polar surface area (TPSA) is 451 Å². The first kappa shape index (κ1) is 88.8. The van der Waals surface area contributed by atoms with Crippen LogP contribution in [0.15, 0.2) is 91.1 Å². The molecule has 4 aromatic rings. The second-order valence-corrected chi connectivity index (χ2v) is 31.0. The van der Waals surface area contributed by atoms with Gasteiger partial charge in [-0.25, -0.2) is 4.79 Å². The molecule has 35 heteroatoms. The maximum atomic E-state index is 14.9. The van der Waals surface area contributed by atoms with Crippen molar-refractivity contribution in [1.29, 1.82) is 0 Å². The molecule has 0 radical (unpaired) electrons. The number of H-pyrrole nitrogens is 1. The third-order valence-corrected chi connectivity index (χ3v) is 21.5. The van der Waals surface area contributed by atoms with Gasteiger partial charge in [-0.2, -0.15) is 59.7 Å². The van der Waals surface area contributed by atoms with E-state index in [1.165, 1.54) is 77.6 Å². The summed E-state index contributed by atoms with van der Waals surface area (Å²) in [7, 11) is 0. The highest BCUT2D eigenvalue weighted by Crippen LogP contribution is 2.24. The Hall–Kier alpha value is -8.06. The summed E-state index contributed by atoms with van der Waals surface area (Å²) < 4.78 is 0. The Kier molecular flexibility index (Phi) is 37.2. The van der Waals surface area contributed by atoms with Gasteiger partial charge < -0.3 is 89.0 Å². The number of aliphatic carboxylic acids is 1. The Balaban J connectivity index is 1.16. The number of nitrogens with one attached hydrogen (secondary N) is 11. The van der Waals surface area contributed by atoms with Crippen LogP contribution in [0.3, 0.4) is 0 Å². The van der Waals surface area contributed by atoms with Gasteiger partial charge >= 0.3 is 5.97 Å². The van der Waals surface area contributed by atoms with Crippen LogP contribution in [0.1, 0.15) is 88.8 Å². The van der Waals surface area contributed by atoms with Crippen LogP contribution >= 0.6 is 59.7 Å². The van der Waals surface area contributed by atoms with E-state index in [4.69, 9.17) is 5.73 Å². The van der Waals surface area contributed by atoms with Gasteiger partial charge in [0.15, 0.2) is 0 Å². The number of aliphatic hydroxyl groups is 2. The van der Waals surface area contributed by atoms with Gasteiger partial charge in [0, 0.05) is 48.8 Å². The number of carbonyl (C=O) groups is 13. The minimum Gasteiger partial charge on any atom is -0.480 e. The van der Waals surface area contributed by atoms with E-state index in [1.807, 2.05) is 42.8 Å². The number of aromatic nitrogens is 1. The molecule has 15 atom stereocenters. The average Bonchev–Trinajstić information content (AvgIpc) is 1.66. The predicted molar refractivity (Wildman–Crippen MR) is 422 cm³/mol. The first-order valence-corrected chi connectivity index (χ1v) is 42.0. The van der Waals surface area contributed by atoms with Crippen LogP contribution in [0.2, 0.25) is 0 Å². The number of carboxylic acid groups (broad SMARTS) is 1. The van der Waals surface area contributed by atoms with E-state index in [1.54, 1.807) is 73.3 Å². The number of aromatic amines is 1. The number of nitrogens with zero attached hydrogens (tertiary/aromatic N) is 2. The number of hydrogen-bond donors (Lipinski definition) is 16. The van der Waals surface area contributed by atoms with Gasteiger partial charge in [-0.15, -0.1) is 0 Å². The molecular weight excluding hydrogens is 1490 g/mol. The highest BCUT2D eigenvalue weighted by Gasteiger charge is 2.43. The number of thioether (sulfide) groups is 4. The molecule has 592 valence electrons. The number of fused-ring (bicyclic) bond motifs is 1. The number of hydrogen-bond acceptors (Lipinski definition) is 21. The van der Waals surface area contributed by atoms with E-state index in [9.17, 15) is 77.6 Å². The molecule has 3 aromatic carbocycles. The fourth-order valence-corrected chi connectivity index (χ4v) is 14.7. The van der Waals surface area contributed by atoms with Crippen molar-refractivity contribution in [2.45, 2.75) is 182 Å². The SMILES string of the molecule is CSCC[C@H](NC(=O)[C@@H](NC(=O)[C@@H]1CCCN1C(=O)[C@H](CS)NC(=O)[C@H](CCSC)NC(=O)[C@H](Cc1ccccc1)NC(=O)[C@@H](NC(=O)[C@H](Cc1c[nH]c2ccccc12)NC(=O)[C@H](C)NC(=O)[C@H](CCSC)NC(=O)[C@@H]1CCCN1C(=O)[C@H](CCSC)NC(=O)[C@@H](N)Cc1ccccc1)[C@@H](C)O)[C@@H](C)O)C(=O)O. The van der Waals surface area contributed by atoms with Crippen LogP contribution < -0.4 is 58.9 Å². The van der Waals surface area contributed by atoms with E-state index in [0.29, 0.717) is 57.9 Å². The van der Waals surface area contributed by atoms with Crippen LogP contribution in [-0.2, 0) is 81.6 Å². The van der Waals surface area contributed by atoms with E-state index in [0.717, 1.165) is 5.56 Å². The van der Waals surface area contributed by atoms with Crippen LogP contribution in [0.25, 0.3) is 10.9 Å². The Morgan fingerprint density at radius 2 is 0.880 bits per heavy atom. The van der Waals surface area contributed by atoms with E-state index in [-0.39, 0.29) is 76.6 Å². The van der Waals surface area contributed by atoms with E-state index in [2.05, 4.69) is 70.8 Å². The first-order valence-electron chi connectivity index (χ1n) is 35.8. The van der Waals surface area contributed by atoms with Crippen molar-refractivity contribution in [1.82, 2.24) is 68.0 Å². The average molecular weight is 1590 g/mol. The summed E-state index contributed by atoms with van der Waals surface area (Å²) >= 11 is 9.97. The van der Waals surface area contributed by atoms with Crippen molar-refractivity contribution in [3.63, 3.8) is 0 Å². The van der Waals surface area contributed by atoms with Gasteiger partial charge in [0.05, 0.1) is 18.2 Å². The molecule has 12 amide bonds. The summed E-state index contributed by atoms with van der Waals surface area (Å²) in [4.78, 5) is 189. The van der Waals surface area contributed by atoms with Gasteiger partial charge in [-0.1, -0.05) is 78.9 Å². The Morgan fingerprint density at radius 1 is 0.472 bits per heavy atom. The van der Waals surface area contributed by atoms with Crippen molar-refractivity contribution < 1.29 is 77.6 Å². The van der Waals surface area contributed by atoms with Crippen molar-refractivity contribution in [2.75, 3.05) is 66.9 Å². The molecule has 0 unspecified atom stereocenters. The van der Waals surface area contributed by atoms with Gasteiger partial charge in [0.25, 0.3) is 0 Å². The number of aliphatic hydroxyl groups excluding tert-OH is 2. The number of benzene rings is 3. The van der Waals surface area contributed by atoms with Crippen LogP contribution in [-0.4, -0.2) is 265 Å². The zero-order chi connectivity index (χ0) is 79.1. The minimum absolute atomic E-state index is 0.00221. The minimum atomic E-state index is -1.80. The molecule has 2 aliphatic rings. The smallest absolute Gasteiger partial charge is 0.326 e.